The van der Waals surface area contributed by atoms with E-state index in [-0.39, 0.29) is 0 Å². The van der Waals surface area contributed by atoms with Gasteiger partial charge in [-0.2, -0.15) is 0 Å². The SMILES string of the molecule is Cc1cccc(NC2CCN(c3nc(C(F)F)nc4ccccc34)CC2)c1. The van der Waals surface area contributed by atoms with Crippen molar-refractivity contribution in [2.75, 3.05) is 23.3 Å². The van der Waals surface area contributed by atoms with Crippen LogP contribution in [-0.2, 0) is 0 Å². The molecule has 140 valence electrons. The Balaban J connectivity index is 1.52. The maximum atomic E-state index is 13.2. The summed E-state index contributed by atoms with van der Waals surface area (Å²) in [4.78, 5) is 10.3. The highest BCUT2D eigenvalue weighted by Crippen LogP contribution is 2.29. The maximum absolute atomic E-state index is 13.2. The summed E-state index contributed by atoms with van der Waals surface area (Å²) >= 11 is 0. The third kappa shape index (κ3) is 3.84. The number of anilines is 2. The Morgan fingerprint density at radius 1 is 1.04 bits per heavy atom. The standard InChI is InChI=1S/C21H22F2N4/c1-14-5-4-6-16(13-14)24-15-9-11-27(12-10-15)21-17-7-2-3-8-18(17)25-20(26-21)19(22)23/h2-8,13,15,19,24H,9-12H2,1H3. The Kier molecular flexibility index (Phi) is 4.88. The van der Waals surface area contributed by atoms with Crippen LogP contribution >= 0.6 is 0 Å². The van der Waals surface area contributed by atoms with Gasteiger partial charge in [-0.3, -0.25) is 0 Å². The fourth-order valence-corrected chi connectivity index (χ4v) is 3.62. The second-order valence-corrected chi connectivity index (χ2v) is 7.00. The zero-order valence-electron chi connectivity index (χ0n) is 15.2. The molecule has 1 aliphatic heterocycles. The Hall–Kier alpha value is -2.76. The summed E-state index contributed by atoms with van der Waals surface area (Å²) in [6.07, 6.45) is -0.819. The van der Waals surface area contributed by atoms with E-state index in [1.54, 1.807) is 6.07 Å². The Morgan fingerprint density at radius 2 is 1.81 bits per heavy atom. The van der Waals surface area contributed by atoms with Crippen molar-refractivity contribution in [3.05, 3.63) is 59.9 Å². The van der Waals surface area contributed by atoms with E-state index in [9.17, 15) is 8.78 Å². The second kappa shape index (κ2) is 7.47. The molecule has 1 N–H and O–H groups in total. The van der Waals surface area contributed by atoms with Gasteiger partial charge in [-0.05, 0) is 49.6 Å². The summed E-state index contributed by atoms with van der Waals surface area (Å²) in [7, 11) is 0. The minimum Gasteiger partial charge on any atom is -0.382 e. The lowest BCUT2D eigenvalue weighted by molar-refractivity contribution is 0.141. The molecule has 27 heavy (non-hydrogen) atoms. The first-order valence-electron chi connectivity index (χ1n) is 9.23. The van der Waals surface area contributed by atoms with Crippen molar-refractivity contribution in [3.63, 3.8) is 0 Å². The first-order chi connectivity index (χ1) is 13.1. The van der Waals surface area contributed by atoms with Crippen LogP contribution in [0.4, 0.5) is 20.3 Å². The Morgan fingerprint density at radius 3 is 2.56 bits per heavy atom. The van der Waals surface area contributed by atoms with E-state index in [1.165, 1.54) is 5.56 Å². The van der Waals surface area contributed by atoms with Crippen molar-refractivity contribution in [2.24, 2.45) is 0 Å². The van der Waals surface area contributed by atoms with Crippen LogP contribution in [0.2, 0.25) is 0 Å². The molecule has 1 aliphatic rings. The predicted octanol–water partition coefficient (Wildman–Crippen LogP) is 4.96. The van der Waals surface area contributed by atoms with Crippen LogP contribution in [0.3, 0.4) is 0 Å². The molecular weight excluding hydrogens is 346 g/mol. The third-order valence-corrected chi connectivity index (χ3v) is 4.98. The fourth-order valence-electron chi connectivity index (χ4n) is 3.62. The van der Waals surface area contributed by atoms with Crippen molar-refractivity contribution >= 4 is 22.4 Å². The minimum atomic E-state index is -2.67. The number of fused-ring (bicyclic) bond motifs is 1. The number of rotatable bonds is 4. The number of aromatic nitrogens is 2. The van der Waals surface area contributed by atoms with Crippen LogP contribution in [0.5, 0.6) is 0 Å². The van der Waals surface area contributed by atoms with Gasteiger partial charge < -0.3 is 10.2 Å². The molecule has 2 heterocycles. The number of hydrogen-bond acceptors (Lipinski definition) is 4. The van der Waals surface area contributed by atoms with Crippen LogP contribution in [0.1, 0.15) is 30.7 Å². The van der Waals surface area contributed by atoms with Gasteiger partial charge in [-0.1, -0.05) is 24.3 Å². The van der Waals surface area contributed by atoms with Gasteiger partial charge in [-0.25, -0.2) is 18.7 Å². The van der Waals surface area contributed by atoms with Crippen molar-refractivity contribution in [1.82, 2.24) is 9.97 Å². The Bertz CT molecular complexity index is 936. The molecule has 0 amide bonds. The fraction of sp³-hybridized carbons (Fsp3) is 0.333. The zero-order valence-corrected chi connectivity index (χ0v) is 15.2. The molecule has 1 fully saturated rings. The number of alkyl halides is 2. The maximum Gasteiger partial charge on any atom is 0.297 e. The van der Waals surface area contributed by atoms with Gasteiger partial charge in [0.25, 0.3) is 6.43 Å². The molecule has 0 radical (unpaired) electrons. The smallest absolute Gasteiger partial charge is 0.297 e. The van der Waals surface area contributed by atoms with E-state index in [4.69, 9.17) is 0 Å². The highest BCUT2D eigenvalue weighted by atomic mass is 19.3. The average Bonchev–Trinajstić information content (AvgIpc) is 2.68. The normalized spacial score (nSPS) is 15.5. The van der Waals surface area contributed by atoms with Gasteiger partial charge >= 0.3 is 0 Å². The largest absolute Gasteiger partial charge is 0.382 e. The van der Waals surface area contributed by atoms with Crippen LogP contribution in [0.15, 0.2) is 48.5 Å². The van der Waals surface area contributed by atoms with E-state index >= 15 is 0 Å². The predicted molar refractivity (Wildman–Crippen MR) is 105 cm³/mol. The summed E-state index contributed by atoms with van der Waals surface area (Å²) in [5.74, 6) is 0.216. The van der Waals surface area contributed by atoms with Gasteiger partial charge in [0, 0.05) is 30.2 Å². The van der Waals surface area contributed by atoms with Crippen molar-refractivity contribution in [2.45, 2.75) is 32.2 Å². The average molecular weight is 368 g/mol. The first kappa shape index (κ1) is 17.6. The molecule has 0 unspecified atom stereocenters. The quantitative estimate of drug-likeness (QED) is 0.707. The van der Waals surface area contributed by atoms with E-state index in [1.807, 2.05) is 24.3 Å². The van der Waals surface area contributed by atoms with Crippen LogP contribution < -0.4 is 10.2 Å². The lowest BCUT2D eigenvalue weighted by Gasteiger charge is -2.34. The van der Waals surface area contributed by atoms with E-state index in [2.05, 4.69) is 45.3 Å². The van der Waals surface area contributed by atoms with Crippen molar-refractivity contribution in [3.8, 4) is 0 Å². The molecule has 4 rings (SSSR count). The number of benzene rings is 2. The highest BCUT2D eigenvalue weighted by molar-refractivity contribution is 5.89. The van der Waals surface area contributed by atoms with Crippen LogP contribution in [0.25, 0.3) is 10.9 Å². The summed E-state index contributed by atoms with van der Waals surface area (Å²) in [5.41, 5.74) is 2.92. The lowest BCUT2D eigenvalue weighted by atomic mass is 10.0. The number of nitrogens with one attached hydrogen (secondary N) is 1. The molecule has 0 saturated carbocycles. The van der Waals surface area contributed by atoms with Crippen LogP contribution in [0, 0.1) is 6.92 Å². The van der Waals surface area contributed by atoms with E-state index < -0.39 is 12.2 Å². The van der Waals surface area contributed by atoms with Gasteiger partial charge in [0.2, 0.25) is 0 Å². The first-order valence-corrected chi connectivity index (χ1v) is 9.23. The Labute approximate surface area is 157 Å². The van der Waals surface area contributed by atoms with Gasteiger partial charge in [-0.15, -0.1) is 0 Å². The monoisotopic (exact) mass is 368 g/mol. The molecule has 1 aromatic heterocycles. The van der Waals surface area contributed by atoms with Crippen LogP contribution in [-0.4, -0.2) is 29.1 Å². The highest BCUT2D eigenvalue weighted by Gasteiger charge is 2.23. The molecule has 6 heteroatoms. The number of halogens is 2. The van der Waals surface area contributed by atoms with Crippen molar-refractivity contribution in [1.29, 1.82) is 0 Å². The summed E-state index contributed by atoms with van der Waals surface area (Å²) in [5, 5.41) is 4.41. The van der Waals surface area contributed by atoms with E-state index in [0.717, 1.165) is 37.0 Å². The molecule has 0 atom stereocenters. The number of piperidine rings is 1. The summed E-state index contributed by atoms with van der Waals surface area (Å²) in [6.45, 7) is 3.62. The molecule has 0 spiro atoms. The third-order valence-electron chi connectivity index (χ3n) is 4.98. The van der Waals surface area contributed by atoms with Crippen molar-refractivity contribution < 1.29 is 8.78 Å². The minimum absolute atomic E-state index is 0.366. The molecule has 0 bridgehead atoms. The lowest BCUT2D eigenvalue weighted by Crippen LogP contribution is -2.39. The molecule has 1 saturated heterocycles. The second-order valence-electron chi connectivity index (χ2n) is 7.00. The van der Waals surface area contributed by atoms with Gasteiger partial charge in [0.15, 0.2) is 5.82 Å². The number of hydrogen-bond donors (Lipinski definition) is 1. The summed E-state index contributed by atoms with van der Waals surface area (Å²) in [6, 6.07) is 16.1. The number of para-hydroxylation sites is 1. The van der Waals surface area contributed by atoms with Gasteiger partial charge in [0.1, 0.15) is 5.82 Å². The number of aryl methyl sites for hydroxylation is 1. The zero-order chi connectivity index (χ0) is 18.8. The van der Waals surface area contributed by atoms with E-state index in [0.29, 0.717) is 17.4 Å². The topological polar surface area (TPSA) is 41.0 Å². The van der Waals surface area contributed by atoms with Gasteiger partial charge in [0.05, 0.1) is 5.52 Å². The molecule has 2 aromatic carbocycles. The number of nitrogens with zero attached hydrogens (tertiary/aromatic N) is 3. The molecule has 0 aliphatic carbocycles. The molecule has 4 nitrogen and oxygen atoms in total. The molecular formula is C21H22F2N4. The summed E-state index contributed by atoms with van der Waals surface area (Å²) < 4.78 is 26.5. The molecule has 3 aromatic rings.